The van der Waals surface area contributed by atoms with Crippen LogP contribution in [-0.4, -0.2) is 23.0 Å². The largest absolute Gasteiger partial charge is 0.357 e. The minimum atomic E-state index is 0.733. The van der Waals surface area contributed by atoms with E-state index in [4.69, 9.17) is 0 Å². The van der Waals surface area contributed by atoms with E-state index in [9.17, 15) is 0 Å². The number of aromatic nitrogens is 1. The van der Waals surface area contributed by atoms with Crippen LogP contribution in [0.4, 0.5) is 0 Å². The first-order chi connectivity index (χ1) is 11.3. The molecule has 1 saturated heterocycles. The maximum atomic E-state index is 3.61. The Morgan fingerprint density at radius 2 is 1.65 bits per heavy atom. The monoisotopic (exact) mass is 304 g/mol. The van der Waals surface area contributed by atoms with Crippen LogP contribution in [0.3, 0.4) is 0 Å². The van der Waals surface area contributed by atoms with E-state index in [1.807, 2.05) is 0 Å². The number of para-hydroxylation sites is 1. The molecule has 0 aliphatic carbocycles. The predicted molar refractivity (Wildman–Crippen MR) is 96.7 cm³/mol. The number of aromatic amines is 1. The number of piperidine rings is 1. The van der Waals surface area contributed by atoms with Gasteiger partial charge in [0.15, 0.2) is 0 Å². The molecule has 0 amide bonds. The number of benzene rings is 2. The molecule has 0 saturated carbocycles. The molecule has 0 atom stereocenters. The Morgan fingerprint density at radius 3 is 2.39 bits per heavy atom. The highest BCUT2D eigenvalue weighted by Crippen LogP contribution is 2.29. The van der Waals surface area contributed by atoms with Gasteiger partial charge in [0, 0.05) is 23.1 Å². The minimum Gasteiger partial charge on any atom is -0.357 e. The highest BCUT2D eigenvalue weighted by Gasteiger charge is 2.21. The third-order valence-corrected chi connectivity index (χ3v) is 5.31. The molecule has 2 heteroatoms. The molecule has 0 bridgehead atoms. The number of fused-ring (bicyclic) bond motifs is 1. The molecule has 118 valence electrons. The molecule has 1 aliphatic heterocycles. The molecule has 1 fully saturated rings. The summed E-state index contributed by atoms with van der Waals surface area (Å²) in [6.45, 7) is 5.66. The molecule has 4 rings (SSSR count). The number of H-pyrrole nitrogens is 1. The second-order valence-electron chi connectivity index (χ2n) is 6.74. The van der Waals surface area contributed by atoms with E-state index in [2.05, 4.69) is 71.4 Å². The van der Waals surface area contributed by atoms with Gasteiger partial charge in [-0.05, 0) is 56.0 Å². The second-order valence-corrected chi connectivity index (χ2v) is 6.74. The Labute approximate surface area is 138 Å². The zero-order chi connectivity index (χ0) is 15.6. The van der Waals surface area contributed by atoms with Crippen molar-refractivity contribution in [1.29, 1.82) is 0 Å². The van der Waals surface area contributed by atoms with Crippen molar-refractivity contribution in [3.63, 3.8) is 0 Å². The third-order valence-electron chi connectivity index (χ3n) is 5.31. The fourth-order valence-electron chi connectivity index (χ4n) is 3.87. The van der Waals surface area contributed by atoms with Crippen molar-refractivity contribution in [3.8, 4) is 0 Å². The zero-order valence-electron chi connectivity index (χ0n) is 13.8. The van der Waals surface area contributed by atoms with E-state index >= 15 is 0 Å². The molecule has 23 heavy (non-hydrogen) atoms. The van der Waals surface area contributed by atoms with Gasteiger partial charge in [-0.3, -0.25) is 4.90 Å². The lowest BCUT2D eigenvalue weighted by atomic mass is 9.89. The highest BCUT2D eigenvalue weighted by molar-refractivity contribution is 5.84. The average molecular weight is 304 g/mol. The lowest BCUT2D eigenvalue weighted by molar-refractivity contribution is 0.202. The molecular weight excluding hydrogens is 280 g/mol. The van der Waals surface area contributed by atoms with Gasteiger partial charge in [0.2, 0.25) is 0 Å². The van der Waals surface area contributed by atoms with Crippen molar-refractivity contribution in [2.24, 2.45) is 0 Å². The first-order valence-corrected chi connectivity index (χ1v) is 8.65. The molecule has 1 aliphatic rings. The lowest BCUT2D eigenvalue weighted by Gasteiger charge is -2.32. The fraction of sp³-hybridized carbons (Fsp3) is 0.333. The van der Waals surface area contributed by atoms with Gasteiger partial charge in [-0.1, -0.05) is 48.5 Å². The molecule has 2 nitrogen and oxygen atoms in total. The van der Waals surface area contributed by atoms with Crippen LogP contribution in [0.25, 0.3) is 10.9 Å². The van der Waals surface area contributed by atoms with Crippen LogP contribution in [0.5, 0.6) is 0 Å². The van der Waals surface area contributed by atoms with Gasteiger partial charge >= 0.3 is 0 Å². The van der Waals surface area contributed by atoms with Crippen LogP contribution in [0.2, 0.25) is 0 Å². The topological polar surface area (TPSA) is 19.0 Å². The Hall–Kier alpha value is -2.06. The summed E-state index contributed by atoms with van der Waals surface area (Å²) in [5.74, 6) is 0.733. The quantitative estimate of drug-likeness (QED) is 0.732. The molecule has 0 radical (unpaired) electrons. The van der Waals surface area contributed by atoms with Gasteiger partial charge in [0.1, 0.15) is 0 Å². The summed E-state index contributed by atoms with van der Waals surface area (Å²) < 4.78 is 0. The molecule has 0 unspecified atom stereocenters. The predicted octanol–water partition coefficient (Wildman–Crippen LogP) is 4.86. The number of rotatable bonds is 3. The van der Waals surface area contributed by atoms with Crippen molar-refractivity contribution in [2.75, 3.05) is 13.1 Å². The molecule has 0 spiro atoms. The van der Waals surface area contributed by atoms with E-state index in [1.165, 1.54) is 53.7 Å². The molecule has 1 aromatic heterocycles. The number of likely N-dealkylation sites (tertiary alicyclic amines) is 1. The van der Waals surface area contributed by atoms with Gasteiger partial charge in [-0.15, -0.1) is 0 Å². The minimum absolute atomic E-state index is 0.733. The van der Waals surface area contributed by atoms with E-state index in [1.54, 1.807) is 0 Å². The van der Waals surface area contributed by atoms with E-state index < -0.39 is 0 Å². The first-order valence-electron chi connectivity index (χ1n) is 8.65. The van der Waals surface area contributed by atoms with Crippen molar-refractivity contribution in [3.05, 3.63) is 71.4 Å². The van der Waals surface area contributed by atoms with Crippen LogP contribution in [-0.2, 0) is 6.54 Å². The Kier molecular flexibility index (Phi) is 3.92. The fourth-order valence-corrected chi connectivity index (χ4v) is 3.87. The maximum Gasteiger partial charge on any atom is 0.0459 e. The zero-order valence-corrected chi connectivity index (χ0v) is 13.8. The summed E-state index contributed by atoms with van der Waals surface area (Å²) in [7, 11) is 0. The van der Waals surface area contributed by atoms with Crippen LogP contribution >= 0.6 is 0 Å². The average Bonchev–Trinajstić information content (AvgIpc) is 2.93. The van der Waals surface area contributed by atoms with Crippen LogP contribution < -0.4 is 0 Å². The summed E-state index contributed by atoms with van der Waals surface area (Å²) in [6.07, 6.45) is 2.53. The first kappa shape index (κ1) is 14.5. The molecule has 3 aromatic rings. The van der Waals surface area contributed by atoms with Gasteiger partial charge < -0.3 is 4.98 Å². The maximum absolute atomic E-state index is 3.61. The van der Waals surface area contributed by atoms with Crippen molar-refractivity contribution in [1.82, 2.24) is 9.88 Å². The molecular formula is C21H24N2. The number of hydrogen-bond acceptors (Lipinski definition) is 1. The van der Waals surface area contributed by atoms with Gasteiger partial charge in [-0.25, -0.2) is 0 Å². The van der Waals surface area contributed by atoms with Crippen molar-refractivity contribution < 1.29 is 0 Å². The van der Waals surface area contributed by atoms with Crippen molar-refractivity contribution >= 4 is 10.9 Å². The van der Waals surface area contributed by atoms with E-state index in [-0.39, 0.29) is 0 Å². The SMILES string of the molecule is Cc1c(CN2CCC(c3ccccc3)CC2)[nH]c2ccccc12. The highest BCUT2D eigenvalue weighted by atomic mass is 15.1. The number of aryl methyl sites for hydroxylation is 1. The number of nitrogens with one attached hydrogen (secondary N) is 1. The van der Waals surface area contributed by atoms with Crippen LogP contribution in [0.1, 0.15) is 35.6 Å². The number of nitrogens with zero attached hydrogens (tertiary/aromatic N) is 1. The Morgan fingerprint density at radius 1 is 0.957 bits per heavy atom. The smallest absolute Gasteiger partial charge is 0.0459 e. The third kappa shape index (κ3) is 2.91. The van der Waals surface area contributed by atoms with Crippen LogP contribution in [0, 0.1) is 6.92 Å². The summed E-state index contributed by atoms with van der Waals surface area (Å²) in [5.41, 5.74) is 5.56. The Bertz CT molecular complexity index is 780. The summed E-state index contributed by atoms with van der Waals surface area (Å²) in [5, 5.41) is 1.36. The van der Waals surface area contributed by atoms with Crippen LogP contribution in [0.15, 0.2) is 54.6 Å². The van der Waals surface area contributed by atoms with Gasteiger partial charge in [0.05, 0.1) is 0 Å². The number of hydrogen-bond donors (Lipinski definition) is 1. The lowest BCUT2D eigenvalue weighted by Crippen LogP contribution is -2.32. The molecule has 1 N–H and O–H groups in total. The normalized spacial score (nSPS) is 16.9. The van der Waals surface area contributed by atoms with E-state index in [0.29, 0.717) is 0 Å². The standard InChI is InChI=1S/C21H24N2/c1-16-19-9-5-6-10-20(19)22-21(16)15-23-13-11-18(12-14-23)17-7-3-2-4-8-17/h2-10,18,22H,11-15H2,1H3. The molecule has 2 aromatic carbocycles. The molecule has 2 heterocycles. The van der Waals surface area contributed by atoms with E-state index in [0.717, 1.165) is 12.5 Å². The Balaban J connectivity index is 1.43. The van der Waals surface area contributed by atoms with Crippen molar-refractivity contribution in [2.45, 2.75) is 32.2 Å². The summed E-state index contributed by atoms with van der Waals surface area (Å²) in [4.78, 5) is 6.21. The second kappa shape index (κ2) is 6.21. The van der Waals surface area contributed by atoms with Gasteiger partial charge in [-0.2, -0.15) is 0 Å². The summed E-state index contributed by atoms with van der Waals surface area (Å²) in [6, 6.07) is 19.6. The summed E-state index contributed by atoms with van der Waals surface area (Å²) >= 11 is 0. The van der Waals surface area contributed by atoms with Gasteiger partial charge in [0.25, 0.3) is 0 Å².